The van der Waals surface area contributed by atoms with Crippen LogP contribution in [0.25, 0.3) is 0 Å². The molecule has 2 heterocycles. The zero-order chi connectivity index (χ0) is 12.8. The molecular weight excluding hydrogens is 230 g/mol. The van der Waals surface area contributed by atoms with E-state index in [9.17, 15) is 4.79 Å². The van der Waals surface area contributed by atoms with E-state index in [0.717, 1.165) is 31.7 Å². The molecular formula is C13H21N3O2. The predicted octanol–water partition coefficient (Wildman–Crippen LogP) is 1.56. The summed E-state index contributed by atoms with van der Waals surface area (Å²) in [5.74, 6) is 0.946. The van der Waals surface area contributed by atoms with Crippen LogP contribution in [0.4, 0.5) is 0 Å². The quantitative estimate of drug-likeness (QED) is 0.882. The van der Waals surface area contributed by atoms with E-state index in [0.29, 0.717) is 6.54 Å². The van der Waals surface area contributed by atoms with Crippen molar-refractivity contribution in [2.24, 2.45) is 0 Å². The molecule has 1 saturated heterocycles. The van der Waals surface area contributed by atoms with Crippen LogP contribution in [0.15, 0.2) is 16.8 Å². The Morgan fingerprint density at radius 3 is 2.78 bits per heavy atom. The molecule has 0 spiro atoms. The van der Waals surface area contributed by atoms with E-state index in [2.05, 4.69) is 10.5 Å². The molecule has 1 aliphatic heterocycles. The summed E-state index contributed by atoms with van der Waals surface area (Å²) < 4.78 is 4.99. The molecule has 0 saturated carbocycles. The first-order valence-corrected chi connectivity index (χ1v) is 6.69. The first-order valence-electron chi connectivity index (χ1n) is 6.69. The Balaban J connectivity index is 1.79. The van der Waals surface area contributed by atoms with E-state index >= 15 is 0 Å². The molecule has 5 heteroatoms. The van der Waals surface area contributed by atoms with Gasteiger partial charge in [-0.15, -0.1) is 0 Å². The molecule has 2 rings (SSSR count). The molecule has 0 aromatic carbocycles. The molecule has 0 radical (unpaired) electrons. The van der Waals surface area contributed by atoms with Gasteiger partial charge in [0.15, 0.2) is 0 Å². The Kier molecular flexibility index (Phi) is 4.75. The maximum atomic E-state index is 12.2. The van der Waals surface area contributed by atoms with E-state index < -0.39 is 0 Å². The van der Waals surface area contributed by atoms with Crippen molar-refractivity contribution in [2.75, 3.05) is 13.1 Å². The molecule has 1 atom stereocenters. The number of carbonyl (C=O) groups is 1. The normalized spacial score (nSPS) is 18.4. The van der Waals surface area contributed by atoms with Crippen molar-refractivity contribution >= 4 is 5.91 Å². The van der Waals surface area contributed by atoms with Gasteiger partial charge in [0.05, 0.1) is 18.8 Å². The molecule has 5 nitrogen and oxygen atoms in total. The van der Waals surface area contributed by atoms with Gasteiger partial charge in [0.1, 0.15) is 5.76 Å². The first-order chi connectivity index (χ1) is 8.77. The lowest BCUT2D eigenvalue weighted by atomic mass is 10.2. The van der Waals surface area contributed by atoms with Crippen molar-refractivity contribution in [3.05, 3.63) is 18.0 Å². The minimum atomic E-state index is -0.173. The van der Waals surface area contributed by atoms with Crippen LogP contribution >= 0.6 is 0 Å². The molecule has 18 heavy (non-hydrogen) atoms. The van der Waals surface area contributed by atoms with Gasteiger partial charge in [-0.05, 0) is 19.8 Å². The van der Waals surface area contributed by atoms with Crippen LogP contribution in [0.5, 0.6) is 0 Å². The third-order valence-electron chi connectivity index (χ3n) is 3.36. The summed E-state index contributed by atoms with van der Waals surface area (Å²) >= 11 is 0. The fraction of sp³-hybridized carbons (Fsp3) is 0.692. The molecule has 1 N–H and O–H groups in total. The SMILES string of the molecule is CC(NCc1ccno1)C(=O)N1CCCCCC1. The van der Waals surface area contributed by atoms with E-state index in [1.807, 2.05) is 11.8 Å². The number of aromatic nitrogens is 1. The van der Waals surface area contributed by atoms with Crippen LogP contribution in [0.2, 0.25) is 0 Å². The van der Waals surface area contributed by atoms with Gasteiger partial charge < -0.3 is 9.42 Å². The molecule has 100 valence electrons. The minimum absolute atomic E-state index is 0.173. The second-order valence-electron chi connectivity index (χ2n) is 4.82. The number of hydrogen-bond acceptors (Lipinski definition) is 4. The summed E-state index contributed by atoms with van der Waals surface area (Å²) in [6.45, 7) is 4.24. The lowest BCUT2D eigenvalue weighted by Gasteiger charge is -2.24. The van der Waals surface area contributed by atoms with Crippen LogP contribution in [0.3, 0.4) is 0 Å². The number of amides is 1. The number of likely N-dealkylation sites (tertiary alicyclic amines) is 1. The lowest BCUT2D eigenvalue weighted by molar-refractivity contribution is -0.133. The number of nitrogens with zero attached hydrogens (tertiary/aromatic N) is 2. The fourth-order valence-corrected chi connectivity index (χ4v) is 2.24. The number of carbonyl (C=O) groups excluding carboxylic acids is 1. The van der Waals surface area contributed by atoms with Crippen LogP contribution in [0.1, 0.15) is 38.4 Å². The van der Waals surface area contributed by atoms with Gasteiger partial charge in [0, 0.05) is 19.2 Å². The van der Waals surface area contributed by atoms with Crippen molar-refractivity contribution in [2.45, 2.75) is 45.2 Å². The number of rotatable bonds is 4. The van der Waals surface area contributed by atoms with Crippen LogP contribution < -0.4 is 5.32 Å². The van der Waals surface area contributed by atoms with E-state index in [1.54, 1.807) is 12.3 Å². The average Bonchev–Trinajstić information content (AvgIpc) is 2.75. The summed E-state index contributed by atoms with van der Waals surface area (Å²) in [5, 5.41) is 6.81. The minimum Gasteiger partial charge on any atom is -0.360 e. The molecule has 1 unspecified atom stereocenters. The topological polar surface area (TPSA) is 58.4 Å². The molecule has 1 aromatic heterocycles. The third-order valence-corrected chi connectivity index (χ3v) is 3.36. The highest BCUT2D eigenvalue weighted by Crippen LogP contribution is 2.11. The number of nitrogens with one attached hydrogen (secondary N) is 1. The Morgan fingerprint density at radius 1 is 1.44 bits per heavy atom. The Hall–Kier alpha value is -1.36. The smallest absolute Gasteiger partial charge is 0.239 e. The van der Waals surface area contributed by atoms with Gasteiger partial charge in [0.25, 0.3) is 0 Å². The molecule has 0 aliphatic carbocycles. The maximum Gasteiger partial charge on any atom is 0.239 e. The Labute approximate surface area is 108 Å². The molecule has 1 aromatic rings. The van der Waals surface area contributed by atoms with E-state index in [-0.39, 0.29) is 11.9 Å². The second-order valence-corrected chi connectivity index (χ2v) is 4.82. The summed E-state index contributed by atoms with van der Waals surface area (Å²) in [5.41, 5.74) is 0. The van der Waals surface area contributed by atoms with Crippen LogP contribution in [0, 0.1) is 0 Å². The Morgan fingerprint density at radius 2 is 2.17 bits per heavy atom. The predicted molar refractivity (Wildman–Crippen MR) is 67.9 cm³/mol. The fourth-order valence-electron chi connectivity index (χ4n) is 2.24. The molecule has 1 amide bonds. The van der Waals surface area contributed by atoms with Gasteiger partial charge in [0.2, 0.25) is 5.91 Å². The monoisotopic (exact) mass is 251 g/mol. The van der Waals surface area contributed by atoms with Crippen molar-refractivity contribution in [1.82, 2.24) is 15.4 Å². The number of hydrogen-bond donors (Lipinski definition) is 1. The first kappa shape index (κ1) is 13.1. The highest BCUT2D eigenvalue weighted by molar-refractivity contribution is 5.81. The summed E-state index contributed by atoms with van der Waals surface area (Å²) in [6.07, 6.45) is 6.34. The largest absolute Gasteiger partial charge is 0.360 e. The maximum absolute atomic E-state index is 12.2. The zero-order valence-corrected chi connectivity index (χ0v) is 10.9. The molecule has 1 aliphatic rings. The molecule has 1 fully saturated rings. The molecule has 0 bridgehead atoms. The summed E-state index contributed by atoms with van der Waals surface area (Å²) in [7, 11) is 0. The zero-order valence-electron chi connectivity index (χ0n) is 10.9. The van der Waals surface area contributed by atoms with Gasteiger partial charge in [-0.2, -0.15) is 0 Å². The van der Waals surface area contributed by atoms with Gasteiger partial charge in [-0.3, -0.25) is 10.1 Å². The van der Waals surface area contributed by atoms with Crippen molar-refractivity contribution < 1.29 is 9.32 Å². The van der Waals surface area contributed by atoms with Crippen LogP contribution in [-0.2, 0) is 11.3 Å². The van der Waals surface area contributed by atoms with Crippen molar-refractivity contribution in [3.8, 4) is 0 Å². The van der Waals surface area contributed by atoms with E-state index in [4.69, 9.17) is 4.52 Å². The van der Waals surface area contributed by atoms with Gasteiger partial charge in [-0.25, -0.2) is 0 Å². The van der Waals surface area contributed by atoms with Gasteiger partial charge in [-0.1, -0.05) is 18.0 Å². The second kappa shape index (κ2) is 6.54. The van der Waals surface area contributed by atoms with E-state index in [1.165, 1.54) is 12.8 Å². The Bertz CT molecular complexity index is 356. The van der Waals surface area contributed by atoms with Crippen molar-refractivity contribution in [1.29, 1.82) is 0 Å². The average molecular weight is 251 g/mol. The summed E-state index contributed by atoms with van der Waals surface area (Å²) in [4.78, 5) is 14.2. The van der Waals surface area contributed by atoms with Crippen molar-refractivity contribution in [3.63, 3.8) is 0 Å². The highest BCUT2D eigenvalue weighted by atomic mass is 16.5. The van der Waals surface area contributed by atoms with Gasteiger partial charge >= 0.3 is 0 Å². The highest BCUT2D eigenvalue weighted by Gasteiger charge is 2.21. The standard InChI is InChI=1S/C13H21N3O2/c1-11(14-10-12-6-7-15-18-12)13(17)16-8-4-2-3-5-9-16/h6-7,11,14H,2-5,8-10H2,1H3. The summed E-state index contributed by atoms with van der Waals surface area (Å²) in [6, 6.07) is 1.63. The van der Waals surface area contributed by atoms with Crippen LogP contribution in [-0.4, -0.2) is 35.1 Å². The third kappa shape index (κ3) is 3.57. The lowest BCUT2D eigenvalue weighted by Crippen LogP contribution is -2.44.